The molecule has 0 aliphatic carbocycles. The van der Waals surface area contributed by atoms with Crippen molar-refractivity contribution in [3.63, 3.8) is 0 Å². The number of amides is 3. The zero-order chi connectivity index (χ0) is 25.5. The highest BCUT2D eigenvalue weighted by molar-refractivity contribution is 9.10. The number of hydrogen-bond donors (Lipinski definition) is 4. The molecule has 12 heteroatoms. The van der Waals surface area contributed by atoms with Gasteiger partial charge in [-0.15, -0.1) is 11.3 Å². The Morgan fingerprint density at radius 1 is 1.12 bits per heavy atom. The third-order valence-electron chi connectivity index (χ3n) is 4.12. The Morgan fingerprint density at radius 2 is 1.82 bits per heavy atom. The molecule has 0 bridgehead atoms. The minimum atomic E-state index is -1.18. The Kier molecular flexibility index (Phi) is 9.45. The molecule has 184 valence electrons. The van der Waals surface area contributed by atoms with Crippen molar-refractivity contribution in [3.05, 3.63) is 50.1 Å². The van der Waals surface area contributed by atoms with E-state index in [0.29, 0.717) is 10.0 Å². The molecule has 0 spiro atoms. The molecule has 0 fully saturated rings. The number of ether oxygens (including phenoxy) is 2. The number of nitrogens with one attached hydrogen (secondary N) is 3. The zero-order valence-corrected chi connectivity index (χ0v) is 21.5. The second-order valence-corrected chi connectivity index (χ2v) is 9.98. The first-order chi connectivity index (χ1) is 15.9. The summed E-state index contributed by atoms with van der Waals surface area (Å²) in [5.74, 6) is -1.72. The Bertz CT molecular complexity index is 1070. The standard InChI is InChI=1S/C22H26BrN3O7S/c1-22(2,3)33-21(31)25-11-15(20(30)32-4)26-19(29)17-14(23)9-16(34-17)18(28)24-10-12-6-5-7-13(27)8-12/h5-9,15,27H,10-11H2,1-4H3,(H,24,28)(H,25,31)(H,26,29). The predicted molar refractivity (Wildman–Crippen MR) is 129 cm³/mol. The maximum Gasteiger partial charge on any atom is 0.407 e. The Hall–Kier alpha value is -3.12. The lowest BCUT2D eigenvalue weighted by atomic mass is 10.2. The summed E-state index contributed by atoms with van der Waals surface area (Å²) in [5.41, 5.74) is -0.0197. The van der Waals surface area contributed by atoms with E-state index in [4.69, 9.17) is 9.47 Å². The molecule has 34 heavy (non-hydrogen) atoms. The first-order valence-corrected chi connectivity index (χ1v) is 11.7. The fourth-order valence-electron chi connectivity index (χ4n) is 2.63. The summed E-state index contributed by atoms with van der Waals surface area (Å²) >= 11 is 4.18. The fourth-order valence-corrected chi connectivity index (χ4v) is 4.30. The molecule has 1 unspecified atom stereocenters. The van der Waals surface area contributed by atoms with E-state index in [-0.39, 0.29) is 28.6 Å². The van der Waals surface area contributed by atoms with Crippen molar-refractivity contribution in [3.8, 4) is 5.75 Å². The van der Waals surface area contributed by atoms with E-state index in [1.807, 2.05) is 0 Å². The molecule has 10 nitrogen and oxygen atoms in total. The Morgan fingerprint density at radius 3 is 2.44 bits per heavy atom. The predicted octanol–water partition coefficient (Wildman–Crippen LogP) is 2.94. The molecule has 0 saturated carbocycles. The van der Waals surface area contributed by atoms with Gasteiger partial charge in [-0.3, -0.25) is 9.59 Å². The van der Waals surface area contributed by atoms with Gasteiger partial charge in [-0.05, 0) is 60.5 Å². The van der Waals surface area contributed by atoms with Crippen LogP contribution in [0.1, 0.15) is 45.7 Å². The van der Waals surface area contributed by atoms with Crippen molar-refractivity contribution in [1.29, 1.82) is 0 Å². The second-order valence-electron chi connectivity index (χ2n) is 8.07. The van der Waals surface area contributed by atoms with Crippen LogP contribution in [0, 0.1) is 0 Å². The molecular formula is C22H26BrN3O7S. The number of esters is 1. The van der Waals surface area contributed by atoms with Crippen molar-refractivity contribution >= 4 is 51.1 Å². The molecule has 0 radical (unpaired) electrons. The summed E-state index contributed by atoms with van der Waals surface area (Å²) < 4.78 is 10.2. The smallest absolute Gasteiger partial charge is 0.407 e. The SMILES string of the molecule is COC(=O)C(CNC(=O)OC(C)(C)C)NC(=O)c1sc(C(=O)NCc2cccc(O)c2)cc1Br. The first-order valence-electron chi connectivity index (χ1n) is 10.1. The number of methoxy groups -OCH3 is 1. The van der Waals surface area contributed by atoms with Gasteiger partial charge >= 0.3 is 12.1 Å². The molecule has 0 aliphatic heterocycles. The van der Waals surface area contributed by atoms with Crippen LogP contribution in [0.4, 0.5) is 4.79 Å². The maximum absolute atomic E-state index is 12.8. The Balaban J connectivity index is 2.03. The minimum Gasteiger partial charge on any atom is -0.508 e. The van der Waals surface area contributed by atoms with E-state index in [1.165, 1.54) is 18.2 Å². The molecule has 1 atom stereocenters. The lowest BCUT2D eigenvalue weighted by molar-refractivity contribution is -0.142. The van der Waals surface area contributed by atoms with Crippen LogP contribution < -0.4 is 16.0 Å². The van der Waals surface area contributed by atoms with Crippen molar-refractivity contribution in [2.75, 3.05) is 13.7 Å². The van der Waals surface area contributed by atoms with Gasteiger partial charge in [0.15, 0.2) is 0 Å². The number of carbonyl (C=O) groups is 4. The van der Waals surface area contributed by atoms with Crippen LogP contribution >= 0.6 is 27.3 Å². The van der Waals surface area contributed by atoms with Crippen molar-refractivity contribution < 1.29 is 33.8 Å². The summed E-state index contributed by atoms with van der Waals surface area (Å²) in [7, 11) is 1.16. The topological polar surface area (TPSA) is 143 Å². The van der Waals surface area contributed by atoms with Gasteiger partial charge < -0.3 is 30.5 Å². The van der Waals surface area contributed by atoms with Gasteiger partial charge in [0.25, 0.3) is 11.8 Å². The third-order valence-corrected chi connectivity index (χ3v) is 6.14. The third kappa shape index (κ3) is 8.34. The number of thiophene rings is 1. The van der Waals surface area contributed by atoms with Gasteiger partial charge in [-0.1, -0.05) is 12.1 Å². The van der Waals surface area contributed by atoms with E-state index in [2.05, 4.69) is 31.9 Å². The van der Waals surface area contributed by atoms with E-state index in [9.17, 15) is 24.3 Å². The summed E-state index contributed by atoms with van der Waals surface area (Å²) in [6, 6.07) is 6.78. The molecule has 2 aromatic rings. The van der Waals surface area contributed by atoms with Crippen LogP contribution in [0.15, 0.2) is 34.8 Å². The number of halogens is 1. The van der Waals surface area contributed by atoms with Crippen LogP contribution in [-0.4, -0.2) is 54.3 Å². The van der Waals surface area contributed by atoms with Crippen LogP contribution in [0.5, 0.6) is 5.75 Å². The molecule has 0 aliphatic rings. The lowest BCUT2D eigenvalue weighted by Crippen LogP contribution is -2.49. The van der Waals surface area contributed by atoms with Crippen LogP contribution in [0.25, 0.3) is 0 Å². The van der Waals surface area contributed by atoms with Crippen LogP contribution in [0.3, 0.4) is 0 Å². The Labute approximate surface area is 209 Å². The monoisotopic (exact) mass is 555 g/mol. The van der Waals surface area contributed by atoms with Gasteiger partial charge in [0.2, 0.25) is 0 Å². The number of hydrogen-bond acceptors (Lipinski definition) is 8. The molecule has 0 saturated heterocycles. The van der Waals surface area contributed by atoms with Gasteiger partial charge in [0.05, 0.1) is 18.5 Å². The first kappa shape index (κ1) is 27.1. The zero-order valence-electron chi connectivity index (χ0n) is 19.1. The summed E-state index contributed by atoms with van der Waals surface area (Å²) in [6.07, 6.45) is -0.751. The largest absolute Gasteiger partial charge is 0.508 e. The summed E-state index contributed by atoms with van der Waals surface area (Å²) in [6.45, 7) is 5.01. The summed E-state index contributed by atoms with van der Waals surface area (Å²) in [5, 5.41) is 17.1. The number of benzene rings is 1. The molecule has 1 aromatic heterocycles. The average Bonchev–Trinajstić information content (AvgIpc) is 3.15. The van der Waals surface area contributed by atoms with Crippen LogP contribution in [0.2, 0.25) is 0 Å². The van der Waals surface area contributed by atoms with E-state index in [1.54, 1.807) is 32.9 Å². The molecule has 2 rings (SSSR count). The van der Waals surface area contributed by atoms with Gasteiger partial charge in [0, 0.05) is 11.0 Å². The minimum absolute atomic E-state index is 0.0888. The number of alkyl carbamates (subject to hydrolysis) is 1. The molecule has 4 N–H and O–H groups in total. The molecule has 3 amide bonds. The normalized spacial score (nSPS) is 11.8. The lowest BCUT2D eigenvalue weighted by Gasteiger charge is -2.21. The second kappa shape index (κ2) is 11.8. The highest BCUT2D eigenvalue weighted by Gasteiger charge is 2.27. The highest BCUT2D eigenvalue weighted by atomic mass is 79.9. The number of phenols is 1. The van der Waals surface area contributed by atoms with Crippen molar-refractivity contribution in [1.82, 2.24) is 16.0 Å². The molecule has 1 heterocycles. The van der Waals surface area contributed by atoms with E-state index < -0.39 is 35.5 Å². The van der Waals surface area contributed by atoms with Crippen molar-refractivity contribution in [2.24, 2.45) is 0 Å². The van der Waals surface area contributed by atoms with Crippen LogP contribution in [-0.2, 0) is 20.8 Å². The van der Waals surface area contributed by atoms with Gasteiger partial charge in [-0.2, -0.15) is 0 Å². The van der Waals surface area contributed by atoms with Crippen molar-refractivity contribution in [2.45, 2.75) is 39.0 Å². The number of carbonyl (C=O) groups excluding carboxylic acids is 4. The summed E-state index contributed by atoms with van der Waals surface area (Å²) in [4.78, 5) is 49.7. The average molecular weight is 556 g/mol. The fraction of sp³-hybridized carbons (Fsp3) is 0.364. The van der Waals surface area contributed by atoms with E-state index in [0.717, 1.165) is 18.4 Å². The number of phenolic OH excluding ortho intramolecular Hbond substituents is 1. The number of aromatic hydroxyl groups is 1. The quantitative estimate of drug-likeness (QED) is 0.366. The highest BCUT2D eigenvalue weighted by Crippen LogP contribution is 2.27. The van der Waals surface area contributed by atoms with E-state index >= 15 is 0 Å². The molecule has 1 aromatic carbocycles. The maximum atomic E-state index is 12.8. The van der Waals surface area contributed by atoms with Gasteiger partial charge in [0.1, 0.15) is 22.3 Å². The molecular weight excluding hydrogens is 530 g/mol. The van der Waals surface area contributed by atoms with Gasteiger partial charge in [-0.25, -0.2) is 9.59 Å². The number of rotatable bonds is 8.